The van der Waals surface area contributed by atoms with Crippen molar-refractivity contribution in [1.29, 1.82) is 0 Å². The Morgan fingerprint density at radius 1 is 1.10 bits per heavy atom. The lowest BCUT2D eigenvalue weighted by molar-refractivity contribution is 0.412. The second kappa shape index (κ2) is 6.57. The molecule has 0 amide bonds. The maximum absolute atomic E-state index is 5.19. The van der Waals surface area contributed by atoms with Gasteiger partial charge in [0.15, 0.2) is 0 Å². The zero-order chi connectivity index (χ0) is 14.5. The smallest absolute Gasteiger partial charge is 0.133 e. The lowest BCUT2D eigenvalue weighted by Crippen LogP contribution is -1.92. The monoisotopic (exact) mass is 332 g/mol. The zero-order valence-corrected chi connectivity index (χ0v) is 13.4. The molecule has 0 spiro atoms. The van der Waals surface area contributed by atoms with Crippen LogP contribution >= 0.6 is 15.9 Å². The average Bonchev–Trinajstić information content (AvgIpc) is 2.43. The van der Waals surface area contributed by atoms with Gasteiger partial charge in [0.05, 0.1) is 23.5 Å². The lowest BCUT2D eigenvalue weighted by atomic mass is 10.1. The molecule has 0 atom stereocenters. The number of benzene rings is 2. The third-order valence-corrected chi connectivity index (χ3v) is 3.71. The number of anilines is 1. The highest BCUT2D eigenvalue weighted by Gasteiger charge is 1.99. The minimum atomic E-state index is 0.810. The number of hydrogen-bond acceptors (Lipinski definition) is 3. The first kappa shape index (κ1) is 14.6. The maximum atomic E-state index is 5.19. The molecule has 0 bridgehead atoms. The molecule has 0 unspecified atom stereocenters. The predicted molar refractivity (Wildman–Crippen MR) is 87.8 cm³/mol. The summed E-state index contributed by atoms with van der Waals surface area (Å²) in [5.74, 6) is 0.810. The van der Waals surface area contributed by atoms with Crippen LogP contribution in [0, 0.1) is 13.8 Å². The van der Waals surface area contributed by atoms with Gasteiger partial charge in [0, 0.05) is 0 Å². The minimum absolute atomic E-state index is 0.810. The minimum Gasteiger partial charge on any atom is -0.496 e. The molecule has 3 nitrogen and oxygen atoms in total. The highest BCUT2D eigenvalue weighted by atomic mass is 79.9. The topological polar surface area (TPSA) is 33.6 Å². The van der Waals surface area contributed by atoms with Gasteiger partial charge in [-0.25, -0.2) is 0 Å². The van der Waals surface area contributed by atoms with Crippen molar-refractivity contribution >= 4 is 27.8 Å². The fourth-order valence-corrected chi connectivity index (χ4v) is 2.31. The highest BCUT2D eigenvalue weighted by molar-refractivity contribution is 9.10. The third-order valence-electron chi connectivity index (χ3n) is 3.09. The Labute approximate surface area is 127 Å². The molecule has 0 aliphatic heterocycles. The van der Waals surface area contributed by atoms with Gasteiger partial charge < -0.3 is 4.74 Å². The van der Waals surface area contributed by atoms with Gasteiger partial charge >= 0.3 is 0 Å². The molecule has 20 heavy (non-hydrogen) atoms. The molecule has 2 aromatic carbocycles. The largest absolute Gasteiger partial charge is 0.496 e. The van der Waals surface area contributed by atoms with Gasteiger partial charge in [-0.15, -0.1) is 0 Å². The summed E-state index contributed by atoms with van der Waals surface area (Å²) in [6.07, 6.45) is 1.78. The third kappa shape index (κ3) is 3.61. The quantitative estimate of drug-likeness (QED) is 0.659. The molecule has 0 radical (unpaired) electrons. The van der Waals surface area contributed by atoms with E-state index in [1.165, 1.54) is 11.1 Å². The van der Waals surface area contributed by atoms with Gasteiger partial charge in [-0.05, 0) is 76.8 Å². The second-order valence-corrected chi connectivity index (χ2v) is 5.42. The van der Waals surface area contributed by atoms with E-state index in [4.69, 9.17) is 4.74 Å². The normalized spacial score (nSPS) is 10.8. The number of ether oxygens (including phenoxy) is 1. The number of hydrogen-bond donors (Lipinski definition) is 1. The van der Waals surface area contributed by atoms with Crippen molar-refractivity contribution in [3.8, 4) is 5.75 Å². The van der Waals surface area contributed by atoms with E-state index in [1.54, 1.807) is 13.3 Å². The van der Waals surface area contributed by atoms with Crippen LogP contribution in [0.5, 0.6) is 5.75 Å². The van der Waals surface area contributed by atoms with Crippen molar-refractivity contribution in [2.24, 2.45) is 5.10 Å². The number of nitrogens with zero attached hydrogens (tertiary/aromatic N) is 1. The van der Waals surface area contributed by atoms with E-state index >= 15 is 0 Å². The first-order chi connectivity index (χ1) is 9.60. The molecule has 104 valence electrons. The zero-order valence-electron chi connectivity index (χ0n) is 11.8. The molecule has 0 heterocycles. The molecule has 4 heteroatoms. The van der Waals surface area contributed by atoms with Gasteiger partial charge in [-0.3, -0.25) is 5.43 Å². The molecular weight excluding hydrogens is 316 g/mol. The Balaban J connectivity index is 2.06. The van der Waals surface area contributed by atoms with Crippen LogP contribution in [0.15, 0.2) is 46.0 Å². The van der Waals surface area contributed by atoms with E-state index < -0.39 is 0 Å². The van der Waals surface area contributed by atoms with Crippen LogP contribution in [0.25, 0.3) is 0 Å². The number of aryl methyl sites for hydroxylation is 2. The van der Waals surface area contributed by atoms with Gasteiger partial charge in [-0.1, -0.05) is 6.07 Å². The van der Waals surface area contributed by atoms with Crippen LogP contribution in [-0.2, 0) is 0 Å². The number of hydrazone groups is 1. The van der Waals surface area contributed by atoms with Crippen LogP contribution in [0.3, 0.4) is 0 Å². The molecule has 1 N–H and O–H groups in total. The van der Waals surface area contributed by atoms with Crippen molar-refractivity contribution in [1.82, 2.24) is 0 Å². The number of halogens is 1. The summed E-state index contributed by atoms with van der Waals surface area (Å²) in [5, 5.41) is 4.24. The summed E-state index contributed by atoms with van der Waals surface area (Å²) in [4.78, 5) is 0. The first-order valence-corrected chi connectivity index (χ1v) is 7.09. The Bertz CT molecular complexity index is 638. The Kier molecular flexibility index (Phi) is 4.79. The van der Waals surface area contributed by atoms with Crippen LogP contribution < -0.4 is 10.2 Å². The van der Waals surface area contributed by atoms with E-state index in [9.17, 15) is 0 Å². The Hall–Kier alpha value is -1.81. The molecule has 0 saturated carbocycles. The van der Waals surface area contributed by atoms with E-state index in [-0.39, 0.29) is 0 Å². The van der Waals surface area contributed by atoms with Crippen LogP contribution in [0.2, 0.25) is 0 Å². The fourth-order valence-electron chi connectivity index (χ4n) is 1.76. The van der Waals surface area contributed by atoms with Crippen LogP contribution in [-0.4, -0.2) is 13.3 Å². The van der Waals surface area contributed by atoms with Crippen LogP contribution in [0.4, 0.5) is 5.69 Å². The van der Waals surface area contributed by atoms with Crippen LogP contribution in [0.1, 0.15) is 16.7 Å². The molecular formula is C16H17BrN2O. The van der Waals surface area contributed by atoms with Crippen molar-refractivity contribution < 1.29 is 4.74 Å². The van der Waals surface area contributed by atoms with Gasteiger partial charge in [0.25, 0.3) is 0 Å². The standard InChI is InChI=1S/C16H17BrN2O/c1-11-4-6-14(8-12(11)2)19-18-10-13-5-7-16(20-3)15(17)9-13/h4-10,19H,1-3H3/b18-10+. The molecule has 0 aliphatic rings. The van der Waals surface area contributed by atoms with Crippen molar-refractivity contribution in [3.05, 3.63) is 57.6 Å². The molecule has 0 aliphatic carbocycles. The van der Waals surface area contributed by atoms with Gasteiger partial charge in [-0.2, -0.15) is 5.10 Å². The van der Waals surface area contributed by atoms with Crippen molar-refractivity contribution in [3.63, 3.8) is 0 Å². The van der Waals surface area contributed by atoms with E-state index in [0.29, 0.717) is 0 Å². The molecule has 0 aromatic heterocycles. The summed E-state index contributed by atoms with van der Waals surface area (Å²) in [6.45, 7) is 4.18. The molecule has 2 aromatic rings. The first-order valence-electron chi connectivity index (χ1n) is 6.30. The van der Waals surface area contributed by atoms with E-state index in [0.717, 1.165) is 21.5 Å². The number of nitrogens with one attached hydrogen (secondary N) is 1. The van der Waals surface area contributed by atoms with E-state index in [2.05, 4.69) is 52.4 Å². The highest BCUT2D eigenvalue weighted by Crippen LogP contribution is 2.24. The lowest BCUT2D eigenvalue weighted by Gasteiger charge is -2.05. The van der Waals surface area contributed by atoms with Crippen molar-refractivity contribution in [2.45, 2.75) is 13.8 Å². The summed E-state index contributed by atoms with van der Waals surface area (Å²) in [6, 6.07) is 12.0. The van der Waals surface area contributed by atoms with Crippen molar-refractivity contribution in [2.75, 3.05) is 12.5 Å². The molecule has 0 fully saturated rings. The van der Waals surface area contributed by atoms with Gasteiger partial charge in [0.1, 0.15) is 5.75 Å². The SMILES string of the molecule is COc1ccc(/C=N/Nc2ccc(C)c(C)c2)cc1Br. The predicted octanol–water partition coefficient (Wildman–Crippen LogP) is 4.52. The number of rotatable bonds is 4. The molecule has 2 rings (SSSR count). The summed E-state index contributed by atoms with van der Waals surface area (Å²) < 4.78 is 6.10. The van der Waals surface area contributed by atoms with E-state index in [1.807, 2.05) is 24.3 Å². The number of methoxy groups -OCH3 is 1. The fraction of sp³-hybridized carbons (Fsp3) is 0.188. The Morgan fingerprint density at radius 2 is 1.90 bits per heavy atom. The maximum Gasteiger partial charge on any atom is 0.133 e. The second-order valence-electron chi connectivity index (χ2n) is 4.56. The summed E-state index contributed by atoms with van der Waals surface area (Å²) in [5.41, 5.74) is 7.53. The average molecular weight is 333 g/mol. The summed E-state index contributed by atoms with van der Waals surface area (Å²) >= 11 is 3.45. The molecule has 0 saturated heterocycles. The summed E-state index contributed by atoms with van der Waals surface area (Å²) in [7, 11) is 1.65. The van der Waals surface area contributed by atoms with Gasteiger partial charge in [0.2, 0.25) is 0 Å². The Morgan fingerprint density at radius 3 is 2.55 bits per heavy atom.